The van der Waals surface area contributed by atoms with Crippen LogP contribution in [0.15, 0.2) is 54.9 Å². The Balaban J connectivity index is 1.64. The summed E-state index contributed by atoms with van der Waals surface area (Å²) in [6.07, 6.45) is 3.00. The highest BCUT2D eigenvalue weighted by Crippen LogP contribution is 2.18. The van der Waals surface area contributed by atoms with Crippen molar-refractivity contribution in [3.05, 3.63) is 71.7 Å². The van der Waals surface area contributed by atoms with Crippen molar-refractivity contribution in [1.29, 1.82) is 0 Å². The molecule has 0 saturated heterocycles. The summed E-state index contributed by atoms with van der Waals surface area (Å²) in [5.41, 5.74) is 4.18. The molecule has 0 aliphatic rings. The molecule has 3 rings (SSSR count). The quantitative estimate of drug-likeness (QED) is 0.676. The van der Waals surface area contributed by atoms with Crippen molar-refractivity contribution in [3.63, 3.8) is 0 Å². The minimum Gasteiger partial charge on any atom is -0.494 e. The third kappa shape index (κ3) is 5.04. The van der Waals surface area contributed by atoms with Crippen molar-refractivity contribution < 1.29 is 9.53 Å². The van der Waals surface area contributed by atoms with Gasteiger partial charge in [-0.05, 0) is 68.3 Å². The Hall–Kier alpha value is -3.41. The lowest BCUT2D eigenvalue weighted by Gasteiger charge is -2.09. The molecule has 6 nitrogen and oxygen atoms in total. The van der Waals surface area contributed by atoms with Gasteiger partial charge < -0.3 is 15.4 Å². The number of rotatable bonds is 6. The van der Waals surface area contributed by atoms with Crippen LogP contribution in [0.3, 0.4) is 0 Å². The normalized spacial score (nSPS) is 10.3. The average molecular weight is 362 g/mol. The first-order valence-corrected chi connectivity index (χ1v) is 8.75. The molecule has 0 radical (unpaired) electrons. The van der Waals surface area contributed by atoms with Crippen LogP contribution in [0.2, 0.25) is 0 Å². The predicted molar refractivity (Wildman–Crippen MR) is 107 cm³/mol. The molecule has 2 aromatic carbocycles. The number of carbonyl (C=O) groups excluding carboxylic acids is 1. The van der Waals surface area contributed by atoms with Crippen molar-refractivity contribution >= 4 is 23.1 Å². The number of hydrogen-bond donors (Lipinski definition) is 2. The third-order valence-electron chi connectivity index (χ3n) is 3.80. The minimum absolute atomic E-state index is 0.245. The van der Waals surface area contributed by atoms with Gasteiger partial charge >= 0.3 is 0 Å². The largest absolute Gasteiger partial charge is 0.494 e. The van der Waals surface area contributed by atoms with Gasteiger partial charge in [-0.25, -0.2) is 9.97 Å². The molecule has 0 aliphatic carbocycles. The van der Waals surface area contributed by atoms with Crippen LogP contribution in [0.1, 0.15) is 28.5 Å². The number of aromatic nitrogens is 2. The second-order valence-corrected chi connectivity index (χ2v) is 6.20. The van der Waals surface area contributed by atoms with Crippen LogP contribution in [0.25, 0.3) is 0 Å². The number of anilines is 3. The van der Waals surface area contributed by atoms with E-state index in [9.17, 15) is 4.79 Å². The number of aryl methyl sites for hydroxylation is 2. The summed E-state index contributed by atoms with van der Waals surface area (Å²) in [6, 6.07) is 13.3. The standard InChI is InChI=1S/C21H22N4O2/c1-4-27-18-7-5-16(6-8-18)25-21(26)19-12-23-20(13-22-19)24-17-10-14(2)9-15(3)11-17/h5-13H,4H2,1-3H3,(H,23,24)(H,25,26). The molecule has 3 aromatic rings. The van der Waals surface area contributed by atoms with E-state index in [4.69, 9.17) is 4.74 Å². The molecular weight excluding hydrogens is 340 g/mol. The van der Waals surface area contributed by atoms with Crippen LogP contribution in [0.5, 0.6) is 5.75 Å². The van der Waals surface area contributed by atoms with Crippen molar-refractivity contribution in [2.24, 2.45) is 0 Å². The van der Waals surface area contributed by atoms with Crippen LogP contribution < -0.4 is 15.4 Å². The van der Waals surface area contributed by atoms with E-state index in [1.165, 1.54) is 6.20 Å². The fraction of sp³-hybridized carbons (Fsp3) is 0.190. The number of benzene rings is 2. The Morgan fingerprint density at radius 2 is 1.67 bits per heavy atom. The average Bonchev–Trinajstić information content (AvgIpc) is 2.63. The number of nitrogens with one attached hydrogen (secondary N) is 2. The summed E-state index contributed by atoms with van der Waals surface area (Å²) in [6.45, 7) is 6.60. The molecule has 0 spiro atoms. The lowest BCUT2D eigenvalue weighted by atomic mass is 10.1. The molecule has 0 saturated carbocycles. The Bertz CT molecular complexity index is 902. The highest BCUT2D eigenvalue weighted by atomic mass is 16.5. The maximum absolute atomic E-state index is 12.3. The zero-order chi connectivity index (χ0) is 19.2. The van der Waals surface area contributed by atoms with Crippen LogP contribution in [0, 0.1) is 13.8 Å². The monoisotopic (exact) mass is 362 g/mol. The zero-order valence-electron chi connectivity index (χ0n) is 15.6. The van der Waals surface area contributed by atoms with Gasteiger partial charge in [-0.3, -0.25) is 4.79 Å². The van der Waals surface area contributed by atoms with Crippen molar-refractivity contribution in [3.8, 4) is 5.75 Å². The number of ether oxygens (including phenoxy) is 1. The van der Waals surface area contributed by atoms with E-state index in [0.717, 1.165) is 22.6 Å². The number of carbonyl (C=O) groups is 1. The molecule has 1 heterocycles. The molecule has 138 valence electrons. The maximum Gasteiger partial charge on any atom is 0.275 e. The lowest BCUT2D eigenvalue weighted by Crippen LogP contribution is -2.14. The van der Waals surface area contributed by atoms with E-state index in [-0.39, 0.29) is 11.6 Å². The summed E-state index contributed by atoms with van der Waals surface area (Å²) in [5.74, 6) is 1.03. The van der Waals surface area contributed by atoms with Crippen molar-refractivity contribution in [2.75, 3.05) is 17.2 Å². The minimum atomic E-state index is -0.315. The predicted octanol–water partition coefficient (Wildman–Crippen LogP) is 4.49. The van der Waals surface area contributed by atoms with Crippen LogP contribution in [-0.2, 0) is 0 Å². The Labute approximate surface area is 158 Å². The first kappa shape index (κ1) is 18.4. The Kier molecular flexibility index (Phi) is 5.66. The molecule has 6 heteroatoms. The number of hydrogen-bond acceptors (Lipinski definition) is 5. The van der Waals surface area contributed by atoms with E-state index in [1.807, 2.05) is 45.0 Å². The van der Waals surface area contributed by atoms with Crippen molar-refractivity contribution in [1.82, 2.24) is 9.97 Å². The van der Waals surface area contributed by atoms with E-state index in [1.54, 1.807) is 18.3 Å². The van der Waals surface area contributed by atoms with Gasteiger partial charge in [0.15, 0.2) is 0 Å². The third-order valence-corrected chi connectivity index (χ3v) is 3.80. The number of nitrogens with zero attached hydrogens (tertiary/aromatic N) is 2. The molecule has 0 fully saturated rings. The summed E-state index contributed by atoms with van der Waals surface area (Å²) in [7, 11) is 0. The molecular formula is C21H22N4O2. The van der Waals surface area contributed by atoms with Crippen LogP contribution in [-0.4, -0.2) is 22.5 Å². The fourth-order valence-electron chi connectivity index (χ4n) is 2.70. The molecule has 0 bridgehead atoms. The van der Waals surface area contributed by atoms with Gasteiger partial charge in [0.05, 0.1) is 19.0 Å². The van der Waals surface area contributed by atoms with Gasteiger partial charge in [0.25, 0.3) is 5.91 Å². The first-order chi connectivity index (χ1) is 13.0. The van der Waals surface area contributed by atoms with E-state index in [0.29, 0.717) is 18.1 Å². The van der Waals surface area contributed by atoms with Gasteiger partial charge in [-0.15, -0.1) is 0 Å². The molecule has 2 N–H and O–H groups in total. The van der Waals surface area contributed by atoms with Gasteiger partial charge in [-0.2, -0.15) is 0 Å². The van der Waals surface area contributed by atoms with Gasteiger partial charge in [0.2, 0.25) is 0 Å². The van der Waals surface area contributed by atoms with E-state index < -0.39 is 0 Å². The topological polar surface area (TPSA) is 76.1 Å². The maximum atomic E-state index is 12.3. The summed E-state index contributed by atoms with van der Waals surface area (Å²) in [4.78, 5) is 20.8. The summed E-state index contributed by atoms with van der Waals surface area (Å²) in [5, 5.41) is 5.99. The Morgan fingerprint density at radius 1 is 0.963 bits per heavy atom. The van der Waals surface area contributed by atoms with Gasteiger partial charge in [0, 0.05) is 11.4 Å². The summed E-state index contributed by atoms with van der Waals surface area (Å²) < 4.78 is 5.39. The SMILES string of the molecule is CCOc1ccc(NC(=O)c2cnc(Nc3cc(C)cc(C)c3)cn2)cc1. The van der Waals surface area contributed by atoms with Crippen LogP contribution in [0.4, 0.5) is 17.2 Å². The molecule has 0 atom stereocenters. The van der Waals surface area contributed by atoms with E-state index >= 15 is 0 Å². The molecule has 1 amide bonds. The molecule has 0 unspecified atom stereocenters. The molecule has 27 heavy (non-hydrogen) atoms. The molecule has 0 aliphatic heterocycles. The Morgan fingerprint density at radius 3 is 2.26 bits per heavy atom. The second kappa shape index (κ2) is 8.31. The second-order valence-electron chi connectivity index (χ2n) is 6.20. The zero-order valence-corrected chi connectivity index (χ0v) is 15.6. The first-order valence-electron chi connectivity index (χ1n) is 8.75. The molecule has 1 aromatic heterocycles. The highest BCUT2D eigenvalue weighted by molar-refractivity contribution is 6.02. The van der Waals surface area contributed by atoms with Crippen molar-refractivity contribution in [2.45, 2.75) is 20.8 Å². The number of amides is 1. The summed E-state index contributed by atoms with van der Waals surface area (Å²) >= 11 is 0. The smallest absolute Gasteiger partial charge is 0.275 e. The highest BCUT2D eigenvalue weighted by Gasteiger charge is 2.09. The van der Waals surface area contributed by atoms with Gasteiger partial charge in [-0.1, -0.05) is 6.07 Å². The van der Waals surface area contributed by atoms with Gasteiger partial charge in [0.1, 0.15) is 17.3 Å². The van der Waals surface area contributed by atoms with Crippen LogP contribution >= 0.6 is 0 Å². The lowest BCUT2D eigenvalue weighted by molar-refractivity contribution is 0.102. The fourth-order valence-corrected chi connectivity index (χ4v) is 2.70. The van der Waals surface area contributed by atoms with E-state index in [2.05, 4.69) is 26.7 Å².